The zero-order valence-electron chi connectivity index (χ0n) is 48.4. The number of nitrogens with one attached hydrogen (secondary N) is 1. The van der Waals surface area contributed by atoms with Gasteiger partial charge in [0.1, 0.15) is 24.4 Å². The van der Waals surface area contributed by atoms with E-state index in [2.05, 4.69) is 55.6 Å². The molecule has 1 fully saturated rings. The van der Waals surface area contributed by atoms with Crippen LogP contribution < -0.4 is 5.32 Å². The van der Waals surface area contributed by atoms with E-state index >= 15 is 0 Å². The van der Waals surface area contributed by atoms with E-state index in [4.69, 9.17) is 9.47 Å². The van der Waals surface area contributed by atoms with Crippen molar-refractivity contribution in [1.29, 1.82) is 0 Å². The van der Waals surface area contributed by atoms with Crippen molar-refractivity contribution in [1.82, 2.24) is 5.32 Å². The molecule has 434 valence electrons. The van der Waals surface area contributed by atoms with Gasteiger partial charge >= 0.3 is 0 Å². The normalized spacial score (nSPS) is 19.3. The highest BCUT2D eigenvalue weighted by molar-refractivity contribution is 5.76. The molecule has 1 amide bonds. The lowest BCUT2D eigenvalue weighted by Gasteiger charge is -2.40. The highest BCUT2D eigenvalue weighted by Gasteiger charge is 2.44. The fourth-order valence-corrected chi connectivity index (χ4v) is 10.1. The molecule has 1 rings (SSSR count). The highest BCUT2D eigenvalue weighted by Crippen LogP contribution is 2.23. The summed E-state index contributed by atoms with van der Waals surface area (Å²) in [6.07, 6.45) is 66.3. The predicted octanol–water partition coefficient (Wildman–Crippen LogP) is 16.5. The molecule has 0 aromatic carbocycles. The molecule has 0 saturated carbocycles. The second kappa shape index (κ2) is 54.5. The summed E-state index contributed by atoms with van der Waals surface area (Å²) in [5, 5.41) is 54.6. The van der Waals surface area contributed by atoms with Gasteiger partial charge in [-0.15, -0.1) is 0 Å². The molecule has 1 heterocycles. The zero-order chi connectivity index (χ0) is 53.6. The van der Waals surface area contributed by atoms with Gasteiger partial charge in [-0.3, -0.25) is 4.79 Å². The first-order chi connectivity index (χ1) is 36.3. The number of aliphatic hydroxyl groups is 5. The van der Waals surface area contributed by atoms with Gasteiger partial charge in [0.2, 0.25) is 5.91 Å². The molecule has 0 spiro atoms. The molecule has 7 unspecified atom stereocenters. The molecule has 1 aliphatic rings. The highest BCUT2D eigenvalue weighted by atomic mass is 16.7. The smallest absolute Gasteiger partial charge is 0.220 e. The monoisotopic (exact) mass is 1040 g/mol. The van der Waals surface area contributed by atoms with Gasteiger partial charge in [-0.1, -0.05) is 274 Å². The Balaban J connectivity index is 2.18. The van der Waals surface area contributed by atoms with Gasteiger partial charge in [0.25, 0.3) is 0 Å². The number of amides is 1. The summed E-state index contributed by atoms with van der Waals surface area (Å²) in [6, 6.07) is -0.829. The third kappa shape index (κ3) is 43.2. The molecule has 6 N–H and O–H groups in total. The van der Waals surface area contributed by atoms with Gasteiger partial charge in [-0.2, -0.15) is 0 Å². The van der Waals surface area contributed by atoms with E-state index in [0.717, 1.165) is 44.9 Å². The zero-order valence-corrected chi connectivity index (χ0v) is 48.4. The lowest BCUT2D eigenvalue weighted by Crippen LogP contribution is -2.60. The third-order valence-electron chi connectivity index (χ3n) is 15.1. The van der Waals surface area contributed by atoms with Crippen LogP contribution in [0.4, 0.5) is 0 Å². The number of hydrogen-bond donors (Lipinski definition) is 6. The Morgan fingerprint density at radius 1 is 0.446 bits per heavy atom. The SMILES string of the molecule is CCCCCCCCCCCCC/C=C/CC/C=C/CC/C=C/C(O)C(COC1OC(CO)C(O)C(O)C1O)NC(=O)CCCCCCCCCCCCCCCC/C=C\CCCCCCCCCCCCCC. The summed E-state index contributed by atoms with van der Waals surface area (Å²) < 4.78 is 11.3. The largest absolute Gasteiger partial charge is 0.394 e. The van der Waals surface area contributed by atoms with Crippen LogP contribution in [-0.2, 0) is 14.3 Å². The van der Waals surface area contributed by atoms with Crippen LogP contribution in [0.5, 0.6) is 0 Å². The summed E-state index contributed by atoms with van der Waals surface area (Å²) in [7, 11) is 0. The quantitative estimate of drug-likeness (QED) is 0.0261. The van der Waals surface area contributed by atoms with Crippen molar-refractivity contribution < 1.29 is 39.8 Å². The van der Waals surface area contributed by atoms with Crippen LogP contribution in [0.2, 0.25) is 0 Å². The van der Waals surface area contributed by atoms with Gasteiger partial charge in [0, 0.05) is 6.42 Å². The minimum absolute atomic E-state index is 0.187. The molecule has 0 bridgehead atoms. The molecule has 0 aromatic heterocycles. The number of hydrogen-bond acceptors (Lipinski definition) is 8. The maximum absolute atomic E-state index is 13.1. The van der Waals surface area contributed by atoms with Crippen molar-refractivity contribution in [2.24, 2.45) is 0 Å². The molecule has 9 heteroatoms. The van der Waals surface area contributed by atoms with E-state index in [1.165, 1.54) is 238 Å². The second-order valence-corrected chi connectivity index (χ2v) is 22.2. The van der Waals surface area contributed by atoms with Gasteiger partial charge in [-0.25, -0.2) is 0 Å². The van der Waals surface area contributed by atoms with Crippen molar-refractivity contribution in [2.75, 3.05) is 13.2 Å². The molecule has 0 aliphatic carbocycles. The Labute approximate surface area is 456 Å². The fraction of sp³-hybridized carbons (Fsp3) is 0.862. The van der Waals surface area contributed by atoms with E-state index in [0.29, 0.717) is 6.42 Å². The Morgan fingerprint density at radius 3 is 1.14 bits per heavy atom. The first-order valence-electron chi connectivity index (χ1n) is 31.9. The maximum atomic E-state index is 13.1. The number of aliphatic hydroxyl groups excluding tert-OH is 5. The van der Waals surface area contributed by atoms with Crippen LogP contribution in [0.25, 0.3) is 0 Å². The van der Waals surface area contributed by atoms with Crippen LogP contribution in [0.3, 0.4) is 0 Å². The topological polar surface area (TPSA) is 149 Å². The van der Waals surface area contributed by atoms with E-state index in [1.807, 2.05) is 6.08 Å². The van der Waals surface area contributed by atoms with E-state index < -0.39 is 49.5 Å². The Bertz CT molecular complexity index is 1300. The number of carbonyl (C=O) groups is 1. The summed E-state index contributed by atoms with van der Waals surface area (Å²) >= 11 is 0. The molecule has 9 nitrogen and oxygen atoms in total. The van der Waals surface area contributed by atoms with Crippen LogP contribution >= 0.6 is 0 Å². The lowest BCUT2D eigenvalue weighted by molar-refractivity contribution is -0.302. The molecule has 7 atom stereocenters. The predicted molar refractivity (Wildman–Crippen MR) is 313 cm³/mol. The van der Waals surface area contributed by atoms with E-state index in [-0.39, 0.29) is 12.5 Å². The van der Waals surface area contributed by atoms with Crippen molar-refractivity contribution >= 4 is 5.91 Å². The van der Waals surface area contributed by atoms with Crippen LogP contribution in [0, 0.1) is 0 Å². The Morgan fingerprint density at radius 2 is 0.770 bits per heavy atom. The average Bonchev–Trinajstić information content (AvgIpc) is 3.40. The minimum atomic E-state index is -1.58. The number of allylic oxidation sites excluding steroid dienone is 7. The van der Waals surface area contributed by atoms with E-state index in [1.54, 1.807) is 6.08 Å². The van der Waals surface area contributed by atoms with Crippen LogP contribution in [0.15, 0.2) is 48.6 Å². The van der Waals surface area contributed by atoms with Crippen molar-refractivity contribution in [2.45, 2.75) is 346 Å². The molecule has 74 heavy (non-hydrogen) atoms. The third-order valence-corrected chi connectivity index (χ3v) is 15.1. The van der Waals surface area contributed by atoms with Crippen molar-refractivity contribution in [3.05, 3.63) is 48.6 Å². The second-order valence-electron chi connectivity index (χ2n) is 22.2. The van der Waals surface area contributed by atoms with Gasteiger partial charge in [-0.05, 0) is 70.6 Å². The molecule has 0 radical (unpaired) electrons. The molecular weight excluding hydrogens is 923 g/mol. The number of carbonyl (C=O) groups excluding carboxylic acids is 1. The van der Waals surface area contributed by atoms with Crippen LogP contribution in [0.1, 0.15) is 303 Å². The summed E-state index contributed by atoms with van der Waals surface area (Å²) in [4.78, 5) is 13.1. The summed E-state index contributed by atoms with van der Waals surface area (Å²) in [5.41, 5.74) is 0. The Kier molecular flexibility index (Phi) is 51.7. The van der Waals surface area contributed by atoms with Gasteiger partial charge in [0.15, 0.2) is 6.29 Å². The fourth-order valence-electron chi connectivity index (χ4n) is 10.1. The first kappa shape index (κ1) is 70.2. The number of rotatable bonds is 55. The standard InChI is InChI=1S/C65H121NO8/c1-3-5-7-9-11-13-15-17-19-21-23-25-26-27-28-29-30-31-32-33-35-37-39-41-43-45-47-49-51-53-55-61(69)66-58(57-73-65-64(72)63(71)62(70)60(56-67)74-65)59(68)54-52-50-48-46-44-42-40-38-36-34-24-22-20-18-16-14-12-10-8-6-4-2/h27-28,36,38,44,46,52,54,58-60,62-65,67-68,70-72H,3-26,29-35,37,39-43,45,47-51,53,55-57H2,1-2H3,(H,66,69)/b28-27-,38-36+,46-44+,54-52+. The molecule has 1 saturated heterocycles. The molecular formula is C65H121NO8. The van der Waals surface area contributed by atoms with Crippen molar-refractivity contribution in [3.63, 3.8) is 0 Å². The van der Waals surface area contributed by atoms with Gasteiger partial charge in [0.05, 0.1) is 25.4 Å². The summed E-state index contributed by atoms with van der Waals surface area (Å²) in [6.45, 7) is 3.79. The Hall–Kier alpha value is -1.85. The van der Waals surface area contributed by atoms with Crippen LogP contribution in [-0.4, -0.2) is 87.5 Å². The molecule has 1 aliphatic heterocycles. The first-order valence-corrected chi connectivity index (χ1v) is 31.9. The van der Waals surface area contributed by atoms with Crippen molar-refractivity contribution in [3.8, 4) is 0 Å². The average molecular weight is 1040 g/mol. The lowest BCUT2D eigenvalue weighted by atomic mass is 9.99. The number of ether oxygens (including phenoxy) is 2. The molecule has 0 aromatic rings. The van der Waals surface area contributed by atoms with E-state index in [9.17, 15) is 30.3 Å². The number of unbranched alkanes of at least 4 members (excludes halogenated alkanes) is 39. The summed E-state index contributed by atoms with van der Waals surface area (Å²) in [5.74, 6) is -0.187. The minimum Gasteiger partial charge on any atom is -0.394 e. The maximum Gasteiger partial charge on any atom is 0.220 e. The van der Waals surface area contributed by atoms with Gasteiger partial charge < -0.3 is 40.3 Å².